The highest BCUT2D eigenvalue weighted by Gasteiger charge is 2.17. The van der Waals surface area contributed by atoms with Crippen LogP contribution in [0, 0.1) is 0 Å². The van der Waals surface area contributed by atoms with Gasteiger partial charge in [0, 0.05) is 15.7 Å². The molecule has 0 saturated heterocycles. The van der Waals surface area contributed by atoms with Gasteiger partial charge in [-0.2, -0.15) is 0 Å². The number of hydrogen-bond donors (Lipinski definition) is 0. The Morgan fingerprint density at radius 2 is 1.60 bits per heavy atom. The first-order chi connectivity index (χ1) is 12.1. The van der Waals surface area contributed by atoms with Crippen LogP contribution in [0.5, 0.6) is 17.2 Å². The summed E-state index contributed by atoms with van der Waals surface area (Å²) in [5.41, 5.74) is 0.339. The molecule has 0 aliphatic rings. The molecule has 0 aliphatic heterocycles. The highest BCUT2D eigenvalue weighted by atomic mass is 35.5. The van der Waals surface area contributed by atoms with Crippen LogP contribution < -0.4 is 14.2 Å². The van der Waals surface area contributed by atoms with E-state index >= 15 is 0 Å². The van der Waals surface area contributed by atoms with Crippen LogP contribution in [0.25, 0.3) is 0 Å². The van der Waals surface area contributed by atoms with Crippen molar-refractivity contribution in [3.05, 3.63) is 47.0 Å². The summed E-state index contributed by atoms with van der Waals surface area (Å²) in [5, 5.41) is 0.693. The topological polar surface area (TPSA) is 54.0 Å². The van der Waals surface area contributed by atoms with Gasteiger partial charge in [0.25, 0.3) is 0 Å². The van der Waals surface area contributed by atoms with Crippen LogP contribution >= 0.6 is 23.4 Å². The molecule has 2 rings (SSSR count). The molecule has 2 aromatic carbocycles. The third kappa shape index (κ3) is 5.21. The second-order valence-electron chi connectivity index (χ2n) is 4.85. The van der Waals surface area contributed by atoms with Crippen molar-refractivity contribution in [1.29, 1.82) is 0 Å². The number of halogens is 1. The SMILES string of the molecule is COc1cc(C(=O)OCCSc2ccc(Cl)cc2)cc(OC)c1OC. The zero-order valence-corrected chi connectivity index (χ0v) is 15.8. The molecule has 25 heavy (non-hydrogen) atoms. The molecule has 134 valence electrons. The third-order valence-corrected chi connectivity index (χ3v) is 4.53. The summed E-state index contributed by atoms with van der Waals surface area (Å²) in [5.74, 6) is 1.43. The fraction of sp³-hybridized carbons (Fsp3) is 0.278. The Balaban J connectivity index is 1.95. The first-order valence-corrected chi connectivity index (χ1v) is 8.81. The van der Waals surface area contributed by atoms with Gasteiger partial charge in [0.15, 0.2) is 11.5 Å². The molecule has 0 aromatic heterocycles. The normalized spacial score (nSPS) is 10.2. The molecule has 0 bridgehead atoms. The van der Waals surface area contributed by atoms with Crippen LogP contribution in [0.2, 0.25) is 5.02 Å². The van der Waals surface area contributed by atoms with E-state index in [4.69, 9.17) is 30.5 Å². The van der Waals surface area contributed by atoms with E-state index < -0.39 is 5.97 Å². The number of methoxy groups -OCH3 is 3. The minimum Gasteiger partial charge on any atom is -0.493 e. The maximum absolute atomic E-state index is 12.2. The number of rotatable bonds is 8. The Hall–Kier alpha value is -2.05. The van der Waals surface area contributed by atoms with Gasteiger partial charge in [-0.3, -0.25) is 0 Å². The summed E-state index contributed by atoms with van der Waals surface area (Å²) in [6, 6.07) is 10.6. The molecule has 0 radical (unpaired) electrons. The number of carbonyl (C=O) groups excluding carboxylic acids is 1. The first kappa shape index (κ1) is 19.3. The van der Waals surface area contributed by atoms with Crippen LogP contribution in [-0.2, 0) is 4.74 Å². The van der Waals surface area contributed by atoms with Gasteiger partial charge >= 0.3 is 5.97 Å². The van der Waals surface area contributed by atoms with E-state index in [2.05, 4.69) is 0 Å². The summed E-state index contributed by atoms with van der Waals surface area (Å²) < 4.78 is 21.0. The van der Waals surface area contributed by atoms with E-state index in [-0.39, 0.29) is 6.61 Å². The molecule has 0 atom stereocenters. The number of carbonyl (C=O) groups is 1. The van der Waals surface area contributed by atoms with Gasteiger partial charge in [-0.1, -0.05) is 11.6 Å². The Morgan fingerprint density at radius 3 is 2.12 bits per heavy atom. The van der Waals surface area contributed by atoms with E-state index in [0.717, 1.165) is 4.90 Å². The number of hydrogen-bond acceptors (Lipinski definition) is 6. The Bertz CT molecular complexity index is 693. The highest BCUT2D eigenvalue weighted by molar-refractivity contribution is 7.99. The Kier molecular flexibility index (Phi) is 7.28. The van der Waals surface area contributed by atoms with E-state index in [0.29, 0.717) is 33.6 Å². The standard InChI is InChI=1S/C18H19ClO5S/c1-21-15-10-12(11-16(22-2)17(15)23-3)18(20)24-8-9-25-14-6-4-13(19)5-7-14/h4-7,10-11H,8-9H2,1-3H3. The van der Waals surface area contributed by atoms with Crippen molar-refractivity contribution in [1.82, 2.24) is 0 Å². The molecular formula is C18H19ClO5S. The smallest absolute Gasteiger partial charge is 0.338 e. The molecule has 7 heteroatoms. The summed E-state index contributed by atoms with van der Waals surface area (Å²) in [7, 11) is 4.50. The maximum atomic E-state index is 12.2. The van der Waals surface area contributed by atoms with Crippen LogP contribution in [0.15, 0.2) is 41.3 Å². The van der Waals surface area contributed by atoms with E-state index in [1.54, 1.807) is 23.9 Å². The van der Waals surface area contributed by atoms with Crippen molar-refractivity contribution in [2.45, 2.75) is 4.90 Å². The molecule has 0 spiro atoms. The molecule has 0 fully saturated rings. The molecular weight excluding hydrogens is 364 g/mol. The second kappa shape index (κ2) is 9.44. The number of benzene rings is 2. The number of thioether (sulfide) groups is 1. The van der Waals surface area contributed by atoms with Gasteiger partial charge in [0.05, 0.1) is 26.9 Å². The monoisotopic (exact) mass is 382 g/mol. The van der Waals surface area contributed by atoms with Crippen LogP contribution in [0.3, 0.4) is 0 Å². The van der Waals surface area contributed by atoms with Gasteiger partial charge in [0.1, 0.15) is 6.61 Å². The minimum atomic E-state index is -0.448. The summed E-state index contributed by atoms with van der Waals surface area (Å²) >= 11 is 7.43. The molecule has 0 N–H and O–H groups in total. The van der Waals surface area contributed by atoms with Crippen LogP contribution in [0.1, 0.15) is 10.4 Å². The predicted molar refractivity (Wildman–Crippen MR) is 98.6 cm³/mol. The Morgan fingerprint density at radius 1 is 1.00 bits per heavy atom. The first-order valence-electron chi connectivity index (χ1n) is 7.44. The van der Waals surface area contributed by atoms with Crippen molar-refractivity contribution in [3.8, 4) is 17.2 Å². The summed E-state index contributed by atoms with van der Waals surface area (Å²) in [6.45, 7) is 0.281. The second-order valence-corrected chi connectivity index (χ2v) is 6.46. The minimum absolute atomic E-state index is 0.281. The van der Waals surface area contributed by atoms with Gasteiger partial charge < -0.3 is 18.9 Å². The predicted octanol–water partition coefficient (Wildman–Crippen LogP) is 4.31. The lowest BCUT2D eigenvalue weighted by atomic mass is 10.2. The van der Waals surface area contributed by atoms with Gasteiger partial charge in [-0.15, -0.1) is 11.8 Å². The molecule has 0 aliphatic carbocycles. The molecule has 0 unspecified atom stereocenters. The van der Waals surface area contributed by atoms with Crippen LogP contribution in [-0.4, -0.2) is 39.7 Å². The van der Waals surface area contributed by atoms with Crippen LogP contribution in [0.4, 0.5) is 0 Å². The maximum Gasteiger partial charge on any atom is 0.338 e. The van der Waals surface area contributed by atoms with E-state index in [1.165, 1.54) is 21.3 Å². The lowest BCUT2D eigenvalue weighted by molar-refractivity contribution is 0.0529. The molecule has 0 amide bonds. The zero-order chi connectivity index (χ0) is 18.2. The van der Waals surface area contributed by atoms with Gasteiger partial charge in [-0.25, -0.2) is 4.79 Å². The average Bonchev–Trinajstić information content (AvgIpc) is 2.65. The fourth-order valence-corrected chi connectivity index (χ4v) is 2.96. The largest absolute Gasteiger partial charge is 0.493 e. The van der Waals surface area contributed by atoms with Gasteiger partial charge in [0.2, 0.25) is 5.75 Å². The van der Waals surface area contributed by atoms with Crippen molar-refractivity contribution in [3.63, 3.8) is 0 Å². The zero-order valence-electron chi connectivity index (χ0n) is 14.2. The molecule has 5 nitrogen and oxygen atoms in total. The summed E-state index contributed by atoms with van der Waals surface area (Å²) in [4.78, 5) is 13.3. The average molecular weight is 383 g/mol. The van der Waals surface area contributed by atoms with Crippen molar-refractivity contribution >= 4 is 29.3 Å². The molecule has 0 heterocycles. The molecule has 0 saturated carbocycles. The van der Waals surface area contributed by atoms with E-state index in [1.807, 2.05) is 24.3 Å². The highest BCUT2D eigenvalue weighted by Crippen LogP contribution is 2.38. The lowest BCUT2D eigenvalue weighted by Crippen LogP contribution is -2.09. The Labute approximate surface area is 156 Å². The lowest BCUT2D eigenvalue weighted by Gasteiger charge is -2.13. The van der Waals surface area contributed by atoms with Crippen molar-refractivity contribution in [2.75, 3.05) is 33.7 Å². The third-order valence-electron chi connectivity index (χ3n) is 3.30. The summed E-state index contributed by atoms with van der Waals surface area (Å²) in [6.07, 6.45) is 0. The molecule has 2 aromatic rings. The van der Waals surface area contributed by atoms with Crippen molar-refractivity contribution in [2.24, 2.45) is 0 Å². The number of ether oxygens (including phenoxy) is 4. The van der Waals surface area contributed by atoms with Crippen molar-refractivity contribution < 1.29 is 23.7 Å². The van der Waals surface area contributed by atoms with E-state index in [9.17, 15) is 4.79 Å². The van der Waals surface area contributed by atoms with Gasteiger partial charge in [-0.05, 0) is 36.4 Å². The fourth-order valence-electron chi connectivity index (χ4n) is 2.11. The quantitative estimate of drug-likeness (QED) is 0.385. The number of esters is 1.